The maximum atomic E-state index is 13.1. The first kappa shape index (κ1) is 18.4. The van der Waals surface area contributed by atoms with Crippen molar-refractivity contribution >= 4 is 29.6 Å². The van der Waals surface area contributed by atoms with Crippen LogP contribution >= 0.6 is 0 Å². The number of hydrogen-bond acceptors (Lipinski definition) is 3. The lowest BCUT2D eigenvalue weighted by atomic mass is 10.1. The summed E-state index contributed by atoms with van der Waals surface area (Å²) >= 11 is 0. The fourth-order valence-corrected chi connectivity index (χ4v) is 3.24. The summed E-state index contributed by atoms with van der Waals surface area (Å²) in [7, 11) is 0. The van der Waals surface area contributed by atoms with Crippen LogP contribution in [0.4, 0.5) is 10.5 Å². The highest BCUT2D eigenvalue weighted by Crippen LogP contribution is 2.24. The Bertz CT molecular complexity index is 1160. The Morgan fingerprint density at radius 1 is 0.828 bits per heavy atom. The maximum Gasteiger partial charge on any atom is 0.335 e. The first-order valence-electron chi connectivity index (χ1n) is 9.17. The van der Waals surface area contributed by atoms with Crippen molar-refractivity contribution in [2.75, 3.05) is 4.90 Å². The molecule has 1 fully saturated rings. The number of para-hydroxylation sites is 1. The largest absolute Gasteiger partial charge is 0.335 e. The molecule has 6 heteroatoms. The molecule has 29 heavy (non-hydrogen) atoms. The van der Waals surface area contributed by atoms with Gasteiger partial charge in [0, 0.05) is 17.6 Å². The molecular formula is C23H19N3O3. The highest BCUT2D eigenvalue weighted by atomic mass is 16.2. The van der Waals surface area contributed by atoms with Gasteiger partial charge in [-0.2, -0.15) is 0 Å². The SMILES string of the molecule is Cc1ccc(N2C(=O)NC(=O)C(=Cc3cccn3-c3ccccc3)C2=O)cc1C. The second-order valence-electron chi connectivity index (χ2n) is 6.87. The van der Waals surface area contributed by atoms with Crippen LogP contribution in [0.2, 0.25) is 0 Å². The minimum absolute atomic E-state index is 0.0984. The van der Waals surface area contributed by atoms with Crippen molar-refractivity contribution in [2.24, 2.45) is 0 Å². The van der Waals surface area contributed by atoms with Crippen LogP contribution in [0.3, 0.4) is 0 Å². The van der Waals surface area contributed by atoms with Gasteiger partial charge in [-0.3, -0.25) is 14.9 Å². The van der Waals surface area contributed by atoms with E-state index in [4.69, 9.17) is 0 Å². The third kappa shape index (κ3) is 3.36. The van der Waals surface area contributed by atoms with Crippen LogP contribution in [-0.2, 0) is 9.59 Å². The van der Waals surface area contributed by atoms with Crippen LogP contribution in [0.25, 0.3) is 11.8 Å². The quantitative estimate of drug-likeness (QED) is 0.551. The van der Waals surface area contributed by atoms with Crippen molar-refractivity contribution in [3.8, 4) is 5.69 Å². The summed E-state index contributed by atoms with van der Waals surface area (Å²) in [6.45, 7) is 3.85. The number of carbonyl (C=O) groups is 3. The van der Waals surface area contributed by atoms with Crippen LogP contribution in [0.1, 0.15) is 16.8 Å². The maximum absolute atomic E-state index is 13.1. The van der Waals surface area contributed by atoms with Gasteiger partial charge in [-0.25, -0.2) is 9.69 Å². The fourth-order valence-electron chi connectivity index (χ4n) is 3.24. The van der Waals surface area contributed by atoms with E-state index in [0.29, 0.717) is 11.4 Å². The van der Waals surface area contributed by atoms with E-state index in [1.165, 1.54) is 6.08 Å². The molecule has 1 N–H and O–H groups in total. The van der Waals surface area contributed by atoms with Crippen LogP contribution in [-0.4, -0.2) is 22.4 Å². The molecule has 0 saturated carbocycles. The van der Waals surface area contributed by atoms with Crippen LogP contribution in [0.15, 0.2) is 72.4 Å². The van der Waals surface area contributed by atoms with Gasteiger partial charge in [-0.15, -0.1) is 0 Å². The van der Waals surface area contributed by atoms with Crippen molar-refractivity contribution in [1.82, 2.24) is 9.88 Å². The monoisotopic (exact) mass is 385 g/mol. The average molecular weight is 385 g/mol. The zero-order valence-corrected chi connectivity index (χ0v) is 16.0. The van der Waals surface area contributed by atoms with E-state index in [2.05, 4.69) is 5.32 Å². The summed E-state index contributed by atoms with van der Waals surface area (Å²) in [5, 5.41) is 2.26. The Hall–Kier alpha value is -3.93. The molecule has 2 aromatic carbocycles. The van der Waals surface area contributed by atoms with Crippen molar-refractivity contribution in [1.29, 1.82) is 0 Å². The molecule has 1 aliphatic rings. The van der Waals surface area contributed by atoms with Gasteiger partial charge < -0.3 is 4.57 Å². The van der Waals surface area contributed by atoms with E-state index in [1.807, 2.05) is 67.1 Å². The van der Waals surface area contributed by atoms with Crippen LogP contribution < -0.4 is 10.2 Å². The third-order valence-electron chi connectivity index (χ3n) is 4.96. The minimum atomic E-state index is -0.751. The number of carbonyl (C=O) groups excluding carboxylic acids is 3. The van der Waals surface area contributed by atoms with Gasteiger partial charge >= 0.3 is 6.03 Å². The van der Waals surface area contributed by atoms with E-state index >= 15 is 0 Å². The molecule has 0 aliphatic carbocycles. The molecule has 2 heterocycles. The van der Waals surface area contributed by atoms with Gasteiger partial charge in [0.2, 0.25) is 0 Å². The molecule has 3 aromatic rings. The standard InChI is InChI=1S/C23H19N3O3/c1-15-10-11-19(13-16(15)2)26-22(28)20(21(27)24-23(26)29)14-18-9-6-12-25(18)17-7-4-3-5-8-17/h3-14H,1-2H3,(H,24,27,29). The van der Waals surface area contributed by atoms with Crippen molar-refractivity contribution in [3.63, 3.8) is 0 Å². The summed E-state index contributed by atoms with van der Waals surface area (Å²) < 4.78 is 1.87. The Morgan fingerprint density at radius 3 is 2.31 bits per heavy atom. The van der Waals surface area contributed by atoms with Crippen molar-refractivity contribution in [2.45, 2.75) is 13.8 Å². The van der Waals surface area contributed by atoms with Crippen molar-refractivity contribution < 1.29 is 14.4 Å². The smallest absolute Gasteiger partial charge is 0.317 e. The Labute approximate surface area is 168 Å². The molecule has 0 atom stereocenters. The molecule has 1 saturated heterocycles. The van der Waals surface area contributed by atoms with Gasteiger partial charge in [0.05, 0.1) is 5.69 Å². The number of amides is 4. The predicted molar refractivity (Wildman–Crippen MR) is 111 cm³/mol. The van der Waals surface area contributed by atoms with Gasteiger partial charge in [-0.1, -0.05) is 24.3 Å². The fraction of sp³-hybridized carbons (Fsp3) is 0.0870. The molecule has 144 valence electrons. The highest BCUT2D eigenvalue weighted by molar-refractivity contribution is 6.39. The number of imide groups is 2. The average Bonchev–Trinajstić information content (AvgIpc) is 3.17. The minimum Gasteiger partial charge on any atom is -0.317 e. The highest BCUT2D eigenvalue weighted by Gasteiger charge is 2.37. The molecule has 6 nitrogen and oxygen atoms in total. The number of barbiturate groups is 1. The Kier molecular flexibility index (Phi) is 4.60. The number of nitrogens with one attached hydrogen (secondary N) is 1. The van der Waals surface area contributed by atoms with Crippen LogP contribution in [0.5, 0.6) is 0 Å². The van der Waals surface area contributed by atoms with Crippen LogP contribution in [0, 0.1) is 13.8 Å². The number of anilines is 1. The predicted octanol–water partition coefficient (Wildman–Crippen LogP) is 3.76. The number of urea groups is 1. The van der Waals surface area contributed by atoms with E-state index in [-0.39, 0.29) is 5.57 Å². The number of hydrogen-bond donors (Lipinski definition) is 1. The van der Waals surface area contributed by atoms with E-state index < -0.39 is 17.8 Å². The molecule has 1 aromatic heterocycles. The molecule has 0 spiro atoms. The molecular weight excluding hydrogens is 366 g/mol. The van der Waals surface area contributed by atoms with E-state index in [1.54, 1.807) is 18.2 Å². The summed E-state index contributed by atoms with van der Waals surface area (Å²) in [5.41, 5.74) is 3.87. The number of nitrogens with zero attached hydrogens (tertiary/aromatic N) is 2. The van der Waals surface area contributed by atoms with Gasteiger partial charge in [0.15, 0.2) is 0 Å². The number of rotatable bonds is 3. The van der Waals surface area contributed by atoms with E-state index in [9.17, 15) is 14.4 Å². The molecule has 0 radical (unpaired) electrons. The second kappa shape index (κ2) is 7.24. The number of benzene rings is 2. The summed E-state index contributed by atoms with van der Waals surface area (Å²) in [4.78, 5) is 38.9. The second-order valence-corrected chi connectivity index (χ2v) is 6.87. The topological polar surface area (TPSA) is 71.4 Å². The van der Waals surface area contributed by atoms with Crippen molar-refractivity contribution in [3.05, 3.63) is 89.3 Å². The first-order chi connectivity index (χ1) is 14.0. The third-order valence-corrected chi connectivity index (χ3v) is 4.96. The zero-order chi connectivity index (χ0) is 20.5. The lowest BCUT2D eigenvalue weighted by Gasteiger charge is -2.27. The van der Waals surface area contributed by atoms with Gasteiger partial charge in [-0.05, 0) is 67.4 Å². The van der Waals surface area contributed by atoms with E-state index in [0.717, 1.165) is 21.7 Å². The van der Waals surface area contributed by atoms with Gasteiger partial charge in [0.1, 0.15) is 5.57 Å². The number of aryl methyl sites for hydroxylation is 2. The van der Waals surface area contributed by atoms with Gasteiger partial charge in [0.25, 0.3) is 11.8 Å². The Morgan fingerprint density at radius 2 is 1.59 bits per heavy atom. The normalized spacial score (nSPS) is 15.7. The summed E-state index contributed by atoms with van der Waals surface area (Å²) in [6, 6.07) is 17.8. The molecule has 0 unspecified atom stereocenters. The first-order valence-corrected chi connectivity index (χ1v) is 9.17. The summed E-state index contributed by atoms with van der Waals surface area (Å²) in [5.74, 6) is -1.36. The number of aromatic nitrogens is 1. The Balaban J connectivity index is 1.75. The summed E-state index contributed by atoms with van der Waals surface area (Å²) in [6.07, 6.45) is 3.35. The zero-order valence-electron chi connectivity index (χ0n) is 16.0. The molecule has 4 rings (SSSR count). The molecule has 1 aliphatic heterocycles. The molecule has 0 bridgehead atoms. The lowest BCUT2D eigenvalue weighted by Crippen LogP contribution is -2.54. The lowest BCUT2D eigenvalue weighted by molar-refractivity contribution is -0.122. The molecule has 4 amide bonds.